The zero-order chi connectivity index (χ0) is 22.3. The van der Waals surface area contributed by atoms with E-state index in [-0.39, 0.29) is 47.2 Å². The normalized spacial score (nSPS) is 19.9. The van der Waals surface area contributed by atoms with Crippen LogP contribution in [0.3, 0.4) is 0 Å². The van der Waals surface area contributed by atoms with E-state index < -0.39 is 35.7 Å². The van der Waals surface area contributed by atoms with Gasteiger partial charge in [0.25, 0.3) is 0 Å². The van der Waals surface area contributed by atoms with Crippen LogP contribution in [0.4, 0.5) is 0 Å². The number of amides is 1. The topological polar surface area (TPSA) is 130 Å². The first kappa shape index (κ1) is 21.3. The van der Waals surface area contributed by atoms with Crippen molar-refractivity contribution in [3.8, 4) is 0 Å². The fourth-order valence-electron chi connectivity index (χ4n) is 4.00. The van der Waals surface area contributed by atoms with Gasteiger partial charge in [-0.05, 0) is 6.92 Å². The number of allylic oxidation sites excluding steroid dienone is 2. The number of methoxy groups -OCH3 is 1. The largest absolute Gasteiger partial charge is 0.492 e. The van der Waals surface area contributed by atoms with E-state index in [2.05, 4.69) is 5.32 Å². The number of fused-ring (bicyclic) bond motifs is 3. The van der Waals surface area contributed by atoms with E-state index in [1.54, 1.807) is 4.57 Å². The van der Waals surface area contributed by atoms with E-state index in [9.17, 15) is 24.0 Å². The number of ketones is 2. The fraction of sp³-hybridized carbons (Fsp3) is 0.450. The van der Waals surface area contributed by atoms with Gasteiger partial charge in [-0.15, -0.1) is 0 Å². The van der Waals surface area contributed by atoms with Gasteiger partial charge in [0, 0.05) is 38.5 Å². The summed E-state index contributed by atoms with van der Waals surface area (Å²) in [6.45, 7) is 5.03. The Bertz CT molecular complexity index is 1020. The van der Waals surface area contributed by atoms with Crippen LogP contribution in [-0.2, 0) is 41.7 Å². The molecular formula is C20H22N2O8. The summed E-state index contributed by atoms with van der Waals surface area (Å²) in [6.07, 6.45) is -0.963. The summed E-state index contributed by atoms with van der Waals surface area (Å²) in [4.78, 5) is 61.0. The first-order valence-electron chi connectivity index (χ1n) is 9.25. The maximum atomic E-state index is 13.1. The fourth-order valence-corrected chi connectivity index (χ4v) is 4.00. The first-order chi connectivity index (χ1) is 14.1. The van der Waals surface area contributed by atoms with E-state index in [0.717, 1.165) is 0 Å². The van der Waals surface area contributed by atoms with Crippen molar-refractivity contribution in [3.05, 3.63) is 33.8 Å². The van der Waals surface area contributed by atoms with Crippen molar-refractivity contribution in [3.63, 3.8) is 0 Å². The number of carbonyl (C=O) groups is 5. The molecule has 2 heterocycles. The molecule has 30 heavy (non-hydrogen) atoms. The van der Waals surface area contributed by atoms with Crippen molar-refractivity contribution in [2.45, 2.75) is 53.0 Å². The van der Waals surface area contributed by atoms with Gasteiger partial charge in [-0.25, -0.2) is 0 Å². The molecule has 1 aliphatic carbocycles. The maximum absolute atomic E-state index is 13.1. The van der Waals surface area contributed by atoms with Crippen molar-refractivity contribution in [1.82, 2.24) is 9.88 Å². The predicted molar refractivity (Wildman–Crippen MR) is 100 cm³/mol. The molecule has 0 bridgehead atoms. The van der Waals surface area contributed by atoms with E-state index in [1.165, 1.54) is 34.8 Å². The van der Waals surface area contributed by atoms with Crippen LogP contribution in [0.1, 0.15) is 65.9 Å². The average molecular weight is 418 g/mol. The minimum absolute atomic E-state index is 0.0529. The summed E-state index contributed by atoms with van der Waals surface area (Å²) < 4.78 is 17.3. The van der Waals surface area contributed by atoms with Crippen LogP contribution in [0.2, 0.25) is 0 Å². The third-order valence-electron chi connectivity index (χ3n) is 5.06. The number of esters is 2. The zero-order valence-electron chi connectivity index (χ0n) is 17.3. The van der Waals surface area contributed by atoms with Gasteiger partial charge < -0.3 is 24.1 Å². The molecule has 1 aromatic heterocycles. The molecule has 0 radical (unpaired) electrons. The molecule has 0 saturated heterocycles. The highest BCUT2D eigenvalue weighted by atomic mass is 16.5. The van der Waals surface area contributed by atoms with Gasteiger partial charge >= 0.3 is 11.9 Å². The molecule has 3 rings (SSSR count). The number of aromatic nitrogens is 1. The van der Waals surface area contributed by atoms with Gasteiger partial charge in [0.05, 0.1) is 24.4 Å². The standard InChI is InChI=1S/C20H22N2O8/c1-8-17(26)16-14(18(27)19(8)28-5)12(7-29-10(3)24)15-20(30-11(4)25)13(6-22(15)16)21-9(2)23/h13,20H,6-7H2,1-5H3,(H,21,23). The van der Waals surface area contributed by atoms with E-state index in [4.69, 9.17) is 14.2 Å². The Morgan fingerprint density at radius 3 is 2.30 bits per heavy atom. The zero-order valence-corrected chi connectivity index (χ0v) is 17.3. The summed E-state index contributed by atoms with van der Waals surface area (Å²) in [5, 5.41) is 2.71. The van der Waals surface area contributed by atoms with Crippen molar-refractivity contribution in [2.75, 3.05) is 7.11 Å². The second kappa shape index (κ2) is 7.77. The molecule has 0 saturated carbocycles. The molecule has 0 fully saturated rings. The molecule has 1 aromatic rings. The molecular weight excluding hydrogens is 396 g/mol. The Kier molecular flexibility index (Phi) is 5.51. The van der Waals surface area contributed by atoms with Crippen LogP contribution in [0, 0.1) is 0 Å². The lowest BCUT2D eigenvalue weighted by atomic mass is 9.90. The van der Waals surface area contributed by atoms with Crippen LogP contribution < -0.4 is 5.32 Å². The SMILES string of the molecule is COC1=C(C)C(=O)c2c(c(COC(C)=O)c3n2CC(NC(C)=O)C3OC(C)=O)C1=O. The van der Waals surface area contributed by atoms with Crippen LogP contribution in [0.25, 0.3) is 0 Å². The lowest BCUT2D eigenvalue weighted by Crippen LogP contribution is -2.39. The average Bonchev–Trinajstić information content (AvgIpc) is 3.13. The van der Waals surface area contributed by atoms with Gasteiger partial charge in [-0.3, -0.25) is 24.0 Å². The van der Waals surface area contributed by atoms with E-state index in [0.29, 0.717) is 5.69 Å². The predicted octanol–water partition coefficient (Wildman–Crippen LogP) is 0.973. The van der Waals surface area contributed by atoms with Gasteiger partial charge in [-0.1, -0.05) is 0 Å². The molecule has 0 aromatic carbocycles. The number of nitrogens with one attached hydrogen (secondary N) is 1. The third-order valence-corrected chi connectivity index (χ3v) is 5.06. The number of Topliss-reactive ketones (excluding diaryl/α,β-unsaturated/α-hetero) is 2. The first-order valence-corrected chi connectivity index (χ1v) is 9.25. The lowest BCUT2D eigenvalue weighted by Gasteiger charge is -2.22. The van der Waals surface area contributed by atoms with Gasteiger partial charge in [0.15, 0.2) is 11.9 Å². The van der Waals surface area contributed by atoms with E-state index in [1.807, 2.05) is 0 Å². The quantitative estimate of drug-likeness (QED) is 0.700. The summed E-state index contributed by atoms with van der Waals surface area (Å²) in [5.41, 5.74) is 0.876. The van der Waals surface area contributed by atoms with Crippen LogP contribution >= 0.6 is 0 Å². The number of hydrogen-bond donors (Lipinski definition) is 1. The Balaban J connectivity index is 2.24. The molecule has 2 aliphatic rings. The highest BCUT2D eigenvalue weighted by molar-refractivity contribution is 6.26. The van der Waals surface area contributed by atoms with Crippen LogP contribution in [0.15, 0.2) is 11.3 Å². The molecule has 2 atom stereocenters. The molecule has 2 unspecified atom stereocenters. The van der Waals surface area contributed by atoms with Crippen molar-refractivity contribution >= 4 is 29.4 Å². The number of rotatable bonds is 5. The van der Waals surface area contributed by atoms with Crippen molar-refractivity contribution in [2.24, 2.45) is 0 Å². The molecule has 10 nitrogen and oxygen atoms in total. The maximum Gasteiger partial charge on any atom is 0.303 e. The minimum Gasteiger partial charge on any atom is -0.492 e. The second-order valence-electron chi connectivity index (χ2n) is 7.13. The molecule has 1 amide bonds. The number of carbonyl (C=O) groups excluding carboxylic acids is 5. The summed E-state index contributed by atoms with van der Waals surface area (Å²) in [7, 11) is 1.29. The van der Waals surface area contributed by atoms with E-state index >= 15 is 0 Å². The Morgan fingerprint density at radius 1 is 1.10 bits per heavy atom. The molecule has 160 valence electrons. The molecule has 1 aliphatic heterocycles. The highest BCUT2D eigenvalue weighted by Crippen LogP contribution is 2.42. The lowest BCUT2D eigenvalue weighted by molar-refractivity contribution is -0.149. The third kappa shape index (κ3) is 3.38. The summed E-state index contributed by atoms with van der Waals surface area (Å²) >= 11 is 0. The Morgan fingerprint density at radius 2 is 1.77 bits per heavy atom. The Labute approximate surface area is 172 Å². The van der Waals surface area contributed by atoms with Crippen molar-refractivity contribution in [1.29, 1.82) is 0 Å². The number of hydrogen-bond acceptors (Lipinski definition) is 8. The highest BCUT2D eigenvalue weighted by Gasteiger charge is 2.47. The number of nitrogens with zero attached hydrogens (tertiary/aromatic N) is 1. The van der Waals surface area contributed by atoms with Gasteiger partial charge in [-0.2, -0.15) is 0 Å². The van der Waals surface area contributed by atoms with Gasteiger partial charge in [0.2, 0.25) is 17.5 Å². The summed E-state index contributed by atoms with van der Waals surface area (Å²) in [6, 6.07) is -0.654. The second-order valence-corrected chi connectivity index (χ2v) is 7.13. The van der Waals surface area contributed by atoms with Crippen molar-refractivity contribution < 1.29 is 38.2 Å². The smallest absolute Gasteiger partial charge is 0.303 e. The molecule has 10 heteroatoms. The molecule has 1 N–H and O–H groups in total. The Hall–Kier alpha value is -3.43. The monoisotopic (exact) mass is 418 g/mol. The number of ether oxygens (including phenoxy) is 3. The minimum atomic E-state index is -0.963. The summed E-state index contributed by atoms with van der Waals surface area (Å²) in [5.74, 6) is -2.58. The van der Waals surface area contributed by atoms with Crippen LogP contribution in [-0.4, -0.2) is 47.1 Å². The molecule has 0 spiro atoms. The van der Waals surface area contributed by atoms with Crippen LogP contribution in [0.5, 0.6) is 0 Å². The van der Waals surface area contributed by atoms with Gasteiger partial charge in [0.1, 0.15) is 12.3 Å².